The number of hydrogen-bond donors (Lipinski definition) is 11. The zero-order valence-corrected chi connectivity index (χ0v) is 56.2. The maximum absolute atomic E-state index is 15.5. The highest BCUT2D eigenvalue weighted by atomic mass is 16.5. The topological polar surface area (TPSA) is 397 Å². The number of hydrogen-bond acceptors (Lipinski definition) is 16. The third-order valence-corrected chi connectivity index (χ3v) is 20.4. The fourth-order valence-electron chi connectivity index (χ4n) is 14.3. The van der Waals surface area contributed by atoms with Crippen LogP contribution in [0.3, 0.4) is 0 Å². The molecule has 6 aliphatic rings. The van der Waals surface area contributed by atoms with E-state index in [1.807, 2.05) is 121 Å². The summed E-state index contributed by atoms with van der Waals surface area (Å²) in [4.78, 5) is 162. The third kappa shape index (κ3) is 17.8. The summed E-state index contributed by atoms with van der Waals surface area (Å²) in [6, 6.07) is 36.5. The molecule has 534 valence electrons. The van der Waals surface area contributed by atoms with Crippen molar-refractivity contribution < 1.29 is 67.7 Å². The Bertz CT molecular complexity index is 3680. The van der Waals surface area contributed by atoms with E-state index < -0.39 is 132 Å². The van der Waals surface area contributed by atoms with Gasteiger partial charge < -0.3 is 73.9 Å². The van der Waals surface area contributed by atoms with E-state index in [0.29, 0.717) is 37.0 Å². The number of unbranched alkanes of at least 4 members (excludes halogenated alkanes) is 2. The van der Waals surface area contributed by atoms with Gasteiger partial charge in [-0.3, -0.25) is 52.8 Å². The molecule has 0 unspecified atom stereocenters. The van der Waals surface area contributed by atoms with Gasteiger partial charge in [-0.25, -0.2) is 4.79 Å². The molecule has 4 aliphatic carbocycles. The number of nitrogens with one attached hydrogen (secondary N) is 6. The van der Waals surface area contributed by atoms with Crippen LogP contribution in [0.2, 0.25) is 0 Å². The molecule has 26 nitrogen and oxygen atoms in total. The van der Waals surface area contributed by atoms with Crippen LogP contribution in [-0.2, 0) is 43.2 Å². The lowest BCUT2D eigenvalue weighted by molar-refractivity contribution is -0.160. The molecule has 2 heterocycles. The van der Waals surface area contributed by atoms with Crippen molar-refractivity contribution in [2.45, 2.75) is 130 Å². The van der Waals surface area contributed by atoms with Gasteiger partial charge in [0, 0.05) is 79.6 Å². The predicted octanol–water partition coefficient (Wildman–Crippen LogP) is 2.12. The van der Waals surface area contributed by atoms with Gasteiger partial charge in [0.1, 0.15) is 23.9 Å². The summed E-state index contributed by atoms with van der Waals surface area (Å²) in [5.41, 5.74) is 20.9. The van der Waals surface area contributed by atoms with Crippen molar-refractivity contribution in [2.24, 2.45) is 40.9 Å². The van der Waals surface area contributed by atoms with E-state index in [4.69, 9.17) is 21.9 Å². The van der Waals surface area contributed by atoms with Gasteiger partial charge >= 0.3 is 5.97 Å². The number of amides is 10. The number of rotatable bonds is 33. The van der Waals surface area contributed by atoms with Crippen LogP contribution in [0.4, 0.5) is 0 Å². The summed E-state index contributed by atoms with van der Waals surface area (Å²) >= 11 is 0. The SMILES string of the molecule is NCCCC[C@H](NC(=O)[C@H](CO)NC(=O)CN)C(=O)N(C(=O)COc1cc(C(=O)N2C[C@@H](C(=O)N[C@H]3C[C@@H]3c3ccccc3)[C@H](C(=O)N[C@H]3C[C@@H]3c3ccccc3)C2)ccc1C(=O)N1C[C@@H](C(=O)N[C@H]2C[C@@H]2c2ccccc2)[C@H](C(=O)N[C@H]2C[C@@H]2c2ccccc2)C1)[C@@H](CCCCN)C(=O)O. The highest BCUT2D eigenvalue weighted by Gasteiger charge is 2.52. The first-order chi connectivity index (χ1) is 48.9. The van der Waals surface area contributed by atoms with Crippen molar-refractivity contribution in [3.63, 3.8) is 0 Å². The highest BCUT2D eigenvalue weighted by molar-refractivity contribution is 6.05. The predicted molar refractivity (Wildman–Crippen MR) is 370 cm³/mol. The number of nitrogens with zero attached hydrogens (tertiary/aromatic N) is 3. The second-order valence-electron chi connectivity index (χ2n) is 27.4. The summed E-state index contributed by atoms with van der Waals surface area (Å²) in [6.45, 7) is -3.30. The van der Waals surface area contributed by atoms with Crippen molar-refractivity contribution in [3.8, 4) is 5.75 Å². The molecule has 0 radical (unpaired) electrons. The van der Waals surface area contributed by atoms with Crippen LogP contribution in [0, 0.1) is 23.7 Å². The summed E-state index contributed by atoms with van der Waals surface area (Å²) < 4.78 is 6.32. The highest BCUT2D eigenvalue weighted by Crippen LogP contribution is 2.45. The number of carbonyl (C=O) groups is 11. The molecule has 2 saturated heterocycles. The standard InChI is InChI=1S/C75H90N12O14/c76-29-15-13-25-57(80-71(95)62(41-88)79-65(89)36-78)74(98)87(63(75(99)100)26-14-16-30-77)66(90)42-101-64-31-47(72(96)85-37-53(67(91)81-58-32-49(58)43-17-5-1-6-18-43)54(38-85)68(92)82-59-33-50(59)44-19-7-2-8-20-44)27-28-48(64)73(97)86-39-55(69(93)83-60-34-51(60)45-21-9-3-10-22-45)56(40-86)70(94)84-61-35-52(61)46-23-11-4-12-24-46/h1-12,17-24,27-28,31,49-63,88H,13-16,25-26,29-30,32-42,76-78H2,(H,79,89)(H,80,95)(H,81,91)(H,82,92)(H,83,93)(H,84,94)(H,99,100)/t49-,50-,51-,52-,53-,54-,55-,56-,57+,58+,59+,60+,61+,62+,63+/m1/s1. The second-order valence-corrected chi connectivity index (χ2v) is 27.4. The molecular formula is C75H90N12O14. The Labute approximate surface area is 585 Å². The van der Waals surface area contributed by atoms with E-state index >= 15 is 19.2 Å². The van der Waals surface area contributed by atoms with Gasteiger partial charge in [0.25, 0.3) is 23.6 Å². The van der Waals surface area contributed by atoms with E-state index in [2.05, 4.69) is 31.9 Å². The summed E-state index contributed by atoms with van der Waals surface area (Å²) in [6.07, 6.45) is 3.03. The first-order valence-corrected chi connectivity index (χ1v) is 35.0. The van der Waals surface area contributed by atoms with Crippen LogP contribution in [-0.4, -0.2) is 191 Å². The molecule has 0 aromatic heterocycles. The van der Waals surface area contributed by atoms with Crippen molar-refractivity contribution in [2.75, 3.05) is 59.0 Å². The number of nitrogens with two attached hydrogens (primary N) is 3. The Morgan fingerprint density at radius 1 is 0.495 bits per heavy atom. The minimum atomic E-state index is -1.90. The number of likely N-dealkylation sites (tertiary alicyclic amines) is 2. The number of aliphatic hydroxyl groups is 1. The van der Waals surface area contributed by atoms with Gasteiger partial charge in [-0.05, 0) is 118 Å². The van der Waals surface area contributed by atoms with Crippen LogP contribution in [0.25, 0.3) is 0 Å². The normalized spacial score (nSPS) is 24.5. The molecule has 14 N–H and O–H groups in total. The molecule has 0 spiro atoms. The van der Waals surface area contributed by atoms with E-state index in [-0.39, 0.29) is 130 Å². The minimum absolute atomic E-state index is 0.0314. The largest absolute Gasteiger partial charge is 0.483 e. The smallest absolute Gasteiger partial charge is 0.326 e. The summed E-state index contributed by atoms with van der Waals surface area (Å²) in [5, 5.41) is 38.3. The number of carboxylic acid groups (broad SMARTS) is 1. The number of imide groups is 1. The average Bonchev–Trinajstić information content (AvgIpc) is 1.66. The monoisotopic (exact) mass is 1380 g/mol. The van der Waals surface area contributed by atoms with Gasteiger partial charge in [0.15, 0.2) is 6.61 Å². The van der Waals surface area contributed by atoms with Crippen molar-refractivity contribution >= 4 is 65.0 Å². The lowest BCUT2D eigenvalue weighted by atomic mass is 9.94. The maximum Gasteiger partial charge on any atom is 0.326 e. The number of carbonyl (C=O) groups excluding carboxylic acids is 10. The van der Waals surface area contributed by atoms with Gasteiger partial charge in [-0.2, -0.15) is 0 Å². The number of carboxylic acids is 1. The first-order valence-electron chi connectivity index (χ1n) is 35.0. The van der Waals surface area contributed by atoms with Crippen LogP contribution >= 0.6 is 0 Å². The number of aliphatic carboxylic acids is 1. The molecule has 26 heteroatoms. The van der Waals surface area contributed by atoms with Gasteiger partial charge in [0.05, 0.1) is 42.4 Å². The van der Waals surface area contributed by atoms with Gasteiger partial charge in [-0.1, -0.05) is 121 Å². The molecule has 5 aromatic carbocycles. The molecule has 11 rings (SSSR count). The Hall–Kier alpha value is -9.89. The summed E-state index contributed by atoms with van der Waals surface area (Å²) in [7, 11) is 0. The maximum atomic E-state index is 15.5. The van der Waals surface area contributed by atoms with Crippen LogP contribution in [0.5, 0.6) is 5.75 Å². The molecule has 10 amide bonds. The number of ether oxygens (including phenoxy) is 1. The first kappa shape index (κ1) is 72.4. The Morgan fingerprint density at radius 2 is 0.891 bits per heavy atom. The van der Waals surface area contributed by atoms with E-state index in [1.54, 1.807) is 0 Å². The third-order valence-electron chi connectivity index (χ3n) is 20.4. The molecule has 2 aliphatic heterocycles. The fourth-order valence-corrected chi connectivity index (χ4v) is 14.3. The second kappa shape index (κ2) is 33.1. The molecule has 5 aromatic rings. The van der Waals surface area contributed by atoms with Crippen molar-refractivity contribution in [1.29, 1.82) is 0 Å². The van der Waals surface area contributed by atoms with Crippen LogP contribution in [0.1, 0.15) is 131 Å². The zero-order valence-electron chi connectivity index (χ0n) is 56.2. The Morgan fingerprint density at radius 3 is 1.27 bits per heavy atom. The molecular weight excluding hydrogens is 1290 g/mol. The lowest BCUT2D eigenvalue weighted by Gasteiger charge is -2.32. The molecule has 6 fully saturated rings. The summed E-state index contributed by atoms with van der Waals surface area (Å²) in [5.74, 6) is -13.5. The fraction of sp³-hybridized carbons (Fsp3) is 0.453. The average molecular weight is 1380 g/mol. The quantitative estimate of drug-likeness (QED) is 0.0268. The number of benzene rings is 5. The van der Waals surface area contributed by atoms with Gasteiger partial charge in [-0.15, -0.1) is 0 Å². The van der Waals surface area contributed by atoms with E-state index in [0.717, 1.165) is 22.3 Å². The Balaban J connectivity index is 0.907. The zero-order chi connectivity index (χ0) is 71.4. The van der Waals surface area contributed by atoms with Crippen LogP contribution in [0.15, 0.2) is 140 Å². The molecule has 15 atom stereocenters. The van der Waals surface area contributed by atoms with E-state index in [9.17, 15) is 43.8 Å². The van der Waals surface area contributed by atoms with Crippen LogP contribution < -0.4 is 53.8 Å². The lowest BCUT2D eigenvalue weighted by Crippen LogP contribution is -2.59. The molecule has 101 heavy (non-hydrogen) atoms. The van der Waals surface area contributed by atoms with Gasteiger partial charge in [0.2, 0.25) is 35.4 Å². The van der Waals surface area contributed by atoms with Crippen molar-refractivity contribution in [1.82, 2.24) is 46.6 Å². The molecule has 0 bridgehead atoms. The molecule has 4 saturated carbocycles. The minimum Gasteiger partial charge on any atom is -0.483 e. The van der Waals surface area contributed by atoms with E-state index in [1.165, 1.54) is 28.0 Å². The van der Waals surface area contributed by atoms with Crippen molar-refractivity contribution in [3.05, 3.63) is 173 Å². The number of aliphatic hydroxyl groups excluding tert-OH is 1. The Kier molecular flexibility index (Phi) is 23.7.